The zero-order chi connectivity index (χ0) is 23.0. The average Bonchev–Trinajstić information content (AvgIpc) is 2.89. The molecular weight excluding hydrogens is 412 g/mol. The summed E-state index contributed by atoms with van der Waals surface area (Å²) in [5.74, 6) is 0.832. The minimum absolute atomic E-state index is 0.00831. The van der Waals surface area contributed by atoms with Gasteiger partial charge in [-0.25, -0.2) is 0 Å². The fourth-order valence-electron chi connectivity index (χ4n) is 4.32. The number of carbonyl (C=O) groups is 2. The second-order valence-electron chi connectivity index (χ2n) is 8.46. The summed E-state index contributed by atoms with van der Waals surface area (Å²) in [6.45, 7) is 2.34. The van der Waals surface area contributed by atoms with E-state index in [0.717, 1.165) is 16.9 Å². The van der Waals surface area contributed by atoms with E-state index < -0.39 is 0 Å². The van der Waals surface area contributed by atoms with Crippen molar-refractivity contribution in [3.63, 3.8) is 0 Å². The summed E-state index contributed by atoms with van der Waals surface area (Å²) in [4.78, 5) is 30.2. The Balaban J connectivity index is 1.41. The lowest BCUT2D eigenvalue weighted by molar-refractivity contribution is -0.138. The molecule has 5 heteroatoms. The van der Waals surface area contributed by atoms with E-state index in [9.17, 15) is 9.59 Å². The summed E-state index contributed by atoms with van der Waals surface area (Å²) < 4.78 is 5.18. The molecule has 1 aliphatic rings. The third kappa shape index (κ3) is 5.80. The summed E-state index contributed by atoms with van der Waals surface area (Å²) in [7, 11) is 1.61. The molecule has 5 nitrogen and oxygen atoms in total. The minimum Gasteiger partial charge on any atom is -0.497 e. The molecule has 33 heavy (non-hydrogen) atoms. The molecule has 4 rings (SSSR count). The molecule has 3 aromatic carbocycles. The SMILES string of the molecule is COc1ccc(C(=O)N2CCC(C(=O)N(Cc3ccccc3)Cc3ccccc3)CC2)cc1. The molecule has 2 amide bonds. The highest BCUT2D eigenvalue weighted by Crippen LogP contribution is 2.24. The third-order valence-corrected chi connectivity index (χ3v) is 6.21. The first-order chi connectivity index (χ1) is 16.1. The van der Waals surface area contributed by atoms with E-state index in [1.54, 1.807) is 31.4 Å². The topological polar surface area (TPSA) is 49.9 Å². The molecule has 0 radical (unpaired) electrons. The molecule has 0 aromatic heterocycles. The van der Waals surface area contributed by atoms with E-state index in [1.807, 2.05) is 46.2 Å². The first-order valence-electron chi connectivity index (χ1n) is 11.4. The Labute approximate surface area is 195 Å². The molecule has 0 atom stereocenters. The number of nitrogens with zero attached hydrogens (tertiary/aromatic N) is 2. The van der Waals surface area contributed by atoms with Gasteiger partial charge in [0.2, 0.25) is 5.91 Å². The Hall–Kier alpha value is -3.60. The zero-order valence-electron chi connectivity index (χ0n) is 19.0. The van der Waals surface area contributed by atoms with Gasteiger partial charge in [-0.3, -0.25) is 9.59 Å². The van der Waals surface area contributed by atoms with Gasteiger partial charge in [0.25, 0.3) is 5.91 Å². The standard InChI is InChI=1S/C28H30N2O3/c1-33-26-14-12-24(13-15-26)27(31)29-18-16-25(17-19-29)28(32)30(20-22-8-4-2-5-9-22)21-23-10-6-3-7-11-23/h2-15,25H,16-21H2,1H3. The summed E-state index contributed by atoms with van der Waals surface area (Å²) in [5, 5.41) is 0. The second kappa shape index (κ2) is 10.8. The van der Waals surface area contributed by atoms with Gasteiger partial charge in [-0.15, -0.1) is 0 Å². The summed E-state index contributed by atoms with van der Waals surface area (Å²) >= 11 is 0. The number of ether oxygens (including phenoxy) is 1. The average molecular weight is 443 g/mol. The minimum atomic E-state index is -0.0719. The maximum Gasteiger partial charge on any atom is 0.253 e. The van der Waals surface area contributed by atoms with Crippen molar-refractivity contribution in [3.8, 4) is 5.75 Å². The van der Waals surface area contributed by atoms with Gasteiger partial charge in [0.15, 0.2) is 0 Å². The van der Waals surface area contributed by atoms with Crippen molar-refractivity contribution in [1.82, 2.24) is 9.80 Å². The first-order valence-corrected chi connectivity index (χ1v) is 11.4. The van der Waals surface area contributed by atoms with Gasteiger partial charge in [0.05, 0.1) is 7.11 Å². The van der Waals surface area contributed by atoms with Crippen molar-refractivity contribution in [3.05, 3.63) is 102 Å². The summed E-state index contributed by atoms with van der Waals surface area (Å²) in [5.41, 5.74) is 2.89. The molecule has 0 saturated carbocycles. The maximum atomic E-state index is 13.5. The number of benzene rings is 3. The monoisotopic (exact) mass is 442 g/mol. The quantitative estimate of drug-likeness (QED) is 0.529. The van der Waals surface area contributed by atoms with Crippen LogP contribution in [0.5, 0.6) is 5.75 Å². The van der Waals surface area contributed by atoms with Gasteiger partial charge in [0.1, 0.15) is 5.75 Å². The predicted molar refractivity (Wildman–Crippen MR) is 129 cm³/mol. The van der Waals surface area contributed by atoms with Crippen molar-refractivity contribution in [2.24, 2.45) is 5.92 Å². The number of amides is 2. The largest absolute Gasteiger partial charge is 0.497 e. The first kappa shape index (κ1) is 22.6. The highest BCUT2D eigenvalue weighted by Gasteiger charge is 2.30. The number of piperidine rings is 1. The molecule has 0 spiro atoms. The van der Waals surface area contributed by atoms with E-state index in [-0.39, 0.29) is 17.7 Å². The number of hydrogen-bond donors (Lipinski definition) is 0. The van der Waals surface area contributed by atoms with Crippen LogP contribution >= 0.6 is 0 Å². The molecule has 1 heterocycles. The van der Waals surface area contributed by atoms with Crippen molar-refractivity contribution in [2.75, 3.05) is 20.2 Å². The van der Waals surface area contributed by atoms with Gasteiger partial charge in [-0.05, 0) is 48.2 Å². The van der Waals surface area contributed by atoms with E-state index >= 15 is 0 Å². The van der Waals surface area contributed by atoms with Crippen LogP contribution in [0, 0.1) is 5.92 Å². The molecule has 0 aliphatic carbocycles. The van der Waals surface area contributed by atoms with Gasteiger partial charge >= 0.3 is 0 Å². The normalized spacial score (nSPS) is 14.0. The highest BCUT2D eigenvalue weighted by molar-refractivity contribution is 5.94. The van der Waals surface area contributed by atoms with Crippen LogP contribution in [0.1, 0.15) is 34.3 Å². The molecule has 1 aliphatic heterocycles. The molecule has 3 aromatic rings. The van der Waals surface area contributed by atoms with Crippen LogP contribution in [0.3, 0.4) is 0 Å². The fourth-order valence-corrected chi connectivity index (χ4v) is 4.32. The summed E-state index contributed by atoms with van der Waals surface area (Å²) in [6, 6.07) is 27.4. The molecule has 0 unspecified atom stereocenters. The van der Waals surface area contributed by atoms with E-state index in [4.69, 9.17) is 4.74 Å². The van der Waals surface area contributed by atoms with Crippen LogP contribution in [0.4, 0.5) is 0 Å². The zero-order valence-corrected chi connectivity index (χ0v) is 19.0. The van der Waals surface area contributed by atoms with Crippen molar-refractivity contribution >= 4 is 11.8 Å². The van der Waals surface area contributed by atoms with Crippen LogP contribution in [-0.2, 0) is 17.9 Å². The van der Waals surface area contributed by atoms with Crippen molar-refractivity contribution < 1.29 is 14.3 Å². The molecule has 0 N–H and O–H groups in total. The van der Waals surface area contributed by atoms with Gasteiger partial charge in [0, 0.05) is 37.7 Å². The van der Waals surface area contributed by atoms with Gasteiger partial charge in [-0.2, -0.15) is 0 Å². The lowest BCUT2D eigenvalue weighted by Gasteiger charge is -2.34. The number of hydrogen-bond acceptors (Lipinski definition) is 3. The number of rotatable bonds is 7. The van der Waals surface area contributed by atoms with Crippen LogP contribution in [-0.4, -0.2) is 41.8 Å². The van der Waals surface area contributed by atoms with Crippen LogP contribution in [0.15, 0.2) is 84.9 Å². The maximum absolute atomic E-state index is 13.5. The Bertz CT molecular complexity index is 1000. The smallest absolute Gasteiger partial charge is 0.253 e. The lowest BCUT2D eigenvalue weighted by Crippen LogP contribution is -2.44. The molecule has 0 bridgehead atoms. The van der Waals surface area contributed by atoms with Crippen molar-refractivity contribution in [2.45, 2.75) is 25.9 Å². The van der Waals surface area contributed by atoms with Crippen LogP contribution in [0.2, 0.25) is 0 Å². The lowest BCUT2D eigenvalue weighted by atomic mass is 9.94. The highest BCUT2D eigenvalue weighted by atomic mass is 16.5. The van der Waals surface area contributed by atoms with E-state index in [0.29, 0.717) is 44.6 Å². The summed E-state index contributed by atoms with van der Waals surface area (Å²) in [6.07, 6.45) is 1.36. The Morgan fingerprint density at radius 2 is 1.33 bits per heavy atom. The predicted octanol–water partition coefficient (Wildman–Crippen LogP) is 4.78. The number of methoxy groups -OCH3 is 1. The Morgan fingerprint density at radius 1 is 0.818 bits per heavy atom. The Kier molecular flexibility index (Phi) is 7.40. The van der Waals surface area contributed by atoms with Crippen LogP contribution in [0.25, 0.3) is 0 Å². The number of likely N-dealkylation sites (tertiary alicyclic amines) is 1. The fraction of sp³-hybridized carbons (Fsp3) is 0.286. The second-order valence-corrected chi connectivity index (χ2v) is 8.46. The molecular formula is C28H30N2O3. The van der Waals surface area contributed by atoms with Gasteiger partial charge < -0.3 is 14.5 Å². The van der Waals surface area contributed by atoms with Gasteiger partial charge in [-0.1, -0.05) is 60.7 Å². The van der Waals surface area contributed by atoms with E-state index in [2.05, 4.69) is 24.3 Å². The molecule has 1 saturated heterocycles. The third-order valence-electron chi connectivity index (χ3n) is 6.21. The Morgan fingerprint density at radius 3 is 1.82 bits per heavy atom. The molecule has 170 valence electrons. The van der Waals surface area contributed by atoms with Crippen LogP contribution < -0.4 is 4.74 Å². The van der Waals surface area contributed by atoms with Crippen molar-refractivity contribution in [1.29, 1.82) is 0 Å². The number of carbonyl (C=O) groups excluding carboxylic acids is 2. The molecule has 1 fully saturated rings. The van der Waals surface area contributed by atoms with E-state index in [1.165, 1.54) is 0 Å².